The maximum Gasteiger partial charge on any atom is 0.416 e. The van der Waals surface area contributed by atoms with Gasteiger partial charge in [-0.15, -0.1) is 10.2 Å². The van der Waals surface area contributed by atoms with Crippen molar-refractivity contribution < 1.29 is 31.9 Å². The van der Waals surface area contributed by atoms with Gasteiger partial charge in [-0.2, -0.15) is 13.2 Å². The summed E-state index contributed by atoms with van der Waals surface area (Å²) >= 11 is 0. The third-order valence-electron chi connectivity index (χ3n) is 9.79. The Labute approximate surface area is 265 Å². The Hall–Kier alpha value is -3.96. The minimum absolute atomic E-state index is 0.0396. The highest BCUT2D eigenvalue weighted by atomic mass is 19.4. The second kappa shape index (κ2) is 11.1. The molecule has 0 N–H and O–H groups in total. The summed E-state index contributed by atoms with van der Waals surface area (Å²) in [6, 6.07) is 9.66. The van der Waals surface area contributed by atoms with Crippen molar-refractivity contribution in [2.75, 3.05) is 11.6 Å². The van der Waals surface area contributed by atoms with Crippen molar-refractivity contribution in [2.24, 2.45) is 13.0 Å². The Morgan fingerprint density at radius 3 is 2.41 bits per heavy atom. The van der Waals surface area contributed by atoms with Gasteiger partial charge in [-0.25, -0.2) is 4.79 Å². The second-order valence-corrected chi connectivity index (χ2v) is 14.3. The molecule has 0 saturated heterocycles. The third kappa shape index (κ3) is 5.53. The zero-order chi connectivity index (χ0) is 33.2. The lowest BCUT2D eigenvalue weighted by Gasteiger charge is -2.47. The van der Waals surface area contributed by atoms with E-state index >= 15 is 0 Å². The molecule has 2 aromatic carbocycles. The Kier molecular flexibility index (Phi) is 7.71. The van der Waals surface area contributed by atoms with Crippen molar-refractivity contribution in [3.8, 4) is 0 Å². The molecule has 1 aromatic heterocycles. The van der Waals surface area contributed by atoms with Crippen LogP contribution in [0.2, 0.25) is 0 Å². The number of fused-ring (bicyclic) bond motifs is 1. The Morgan fingerprint density at radius 1 is 1.13 bits per heavy atom. The van der Waals surface area contributed by atoms with Crippen LogP contribution in [0.25, 0.3) is 0 Å². The minimum atomic E-state index is -4.72. The molecule has 0 radical (unpaired) electrons. The molecule has 2 aliphatic carbocycles. The molecule has 1 aliphatic heterocycles. The van der Waals surface area contributed by atoms with E-state index in [1.165, 1.54) is 15.9 Å². The highest BCUT2D eigenvalue weighted by Gasteiger charge is 2.50. The number of aryl methyl sites for hydroxylation is 1. The van der Waals surface area contributed by atoms with E-state index in [0.717, 1.165) is 18.1 Å². The molecule has 2 fully saturated rings. The number of carbonyl (C=O) groups excluding carboxylic acids is 2. The molecule has 246 valence electrons. The number of hydrogen-bond donors (Lipinski definition) is 0. The summed E-state index contributed by atoms with van der Waals surface area (Å²) in [7, 11) is 1.82. The molecule has 2 amide bonds. The standard InChI is InChI=1S/C34H39F4N5O3/c1-31(2,3)46-30(45)43(32(4)10-7-11-32)18-21-12-25-26(27(13-21)34(36,37)38)19-42(28(25)44)24-9-6-8-23(14-24)33(15-22(16-33)17-35)29-40-39-20-41(29)5/h6,8-9,12-14,20,22H,7,10-11,15-19H2,1-5H3. The smallest absolute Gasteiger partial charge is 0.416 e. The molecule has 0 bridgehead atoms. The van der Waals surface area contributed by atoms with Crippen LogP contribution >= 0.6 is 0 Å². The van der Waals surface area contributed by atoms with Gasteiger partial charge in [0.15, 0.2) is 0 Å². The average Bonchev–Trinajstić information content (AvgIpc) is 3.51. The summed E-state index contributed by atoms with van der Waals surface area (Å²) in [5.41, 5.74) is -1.55. The summed E-state index contributed by atoms with van der Waals surface area (Å²) in [4.78, 5) is 30.0. The van der Waals surface area contributed by atoms with Crippen LogP contribution in [0.4, 0.5) is 28.0 Å². The molecule has 2 heterocycles. The molecule has 0 atom stereocenters. The van der Waals surface area contributed by atoms with E-state index in [4.69, 9.17) is 4.74 Å². The van der Waals surface area contributed by atoms with Crippen LogP contribution in [0.5, 0.6) is 0 Å². The minimum Gasteiger partial charge on any atom is -0.444 e. The Balaban J connectivity index is 1.35. The van der Waals surface area contributed by atoms with E-state index in [1.54, 1.807) is 49.9 Å². The molecule has 8 nitrogen and oxygen atoms in total. The van der Waals surface area contributed by atoms with Crippen LogP contribution in [0.15, 0.2) is 42.7 Å². The quantitative estimate of drug-likeness (QED) is 0.252. The van der Waals surface area contributed by atoms with E-state index in [2.05, 4.69) is 10.2 Å². The number of hydrogen-bond acceptors (Lipinski definition) is 5. The third-order valence-corrected chi connectivity index (χ3v) is 9.79. The number of nitrogens with zero attached hydrogens (tertiary/aromatic N) is 5. The maximum atomic E-state index is 14.6. The number of carbonyl (C=O) groups is 2. The van der Waals surface area contributed by atoms with Gasteiger partial charge in [0, 0.05) is 30.4 Å². The van der Waals surface area contributed by atoms with Gasteiger partial charge in [0.1, 0.15) is 17.8 Å². The van der Waals surface area contributed by atoms with Crippen molar-refractivity contribution in [1.82, 2.24) is 19.7 Å². The van der Waals surface area contributed by atoms with Gasteiger partial charge in [-0.3, -0.25) is 14.1 Å². The molecular weight excluding hydrogens is 602 g/mol. The van der Waals surface area contributed by atoms with Crippen LogP contribution in [-0.4, -0.2) is 49.5 Å². The molecule has 3 aliphatic rings. The monoisotopic (exact) mass is 641 g/mol. The number of anilines is 1. The fourth-order valence-electron chi connectivity index (χ4n) is 7.23. The topological polar surface area (TPSA) is 80.6 Å². The average molecular weight is 642 g/mol. The fraction of sp³-hybridized carbons (Fsp3) is 0.529. The number of ether oxygens (including phenoxy) is 1. The first-order chi connectivity index (χ1) is 21.5. The SMILES string of the molecule is Cn1cnnc1C1(c2cccc(N3Cc4c(cc(CN(C(=O)OC(C)(C)C)C5(C)CCC5)cc4C(F)(F)F)C3=O)c2)CC(CF)C1. The predicted octanol–water partition coefficient (Wildman–Crippen LogP) is 7.34. The van der Waals surface area contributed by atoms with E-state index in [1.807, 2.05) is 20.0 Å². The van der Waals surface area contributed by atoms with Crippen LogP contribution in [0.3, 0.4) is 0 Å². The van der Waals surface area contributed by atoms with Gasteiger partial charge in [0.2, 0.25) is 0 Å². The summed E-state index contributed by atoms with van der Waals surface area (Å²) < 4.78 is 64.7. The molecule has 0 spiro atoms. The fourth-order valence-corrected chi connectivity index (χ4v) is 7.23. The number of benzene rings is 2. The molecule has 46 heavy (non-hydrogen) atoms. The molecule has 3 aromatic rings. The number of rotatable bonds is 7. The van der Waals surface area contributed by atoms with Crippen LogP contribution in [-0.2, 0) is 36.5 Å². The van der Waals surface area contributed by atoms with Crippen molar-refractivity contribution in [1.29, 1.82) is 0 Å². The highest BCUT2D eigenvalue weighted by molar-refractivity contribution is 6.10. The Bertz CT molecular complexity index is 1670. The van der Waals surface area contributed by atoms with Crippen molar-refractivity contribution >= 4 is 17.7 Å². The lowest BCUT2D eigenvalue weighted by molar-refractivity contribution is -0.138. The first kappa shape index (κ1) is 32.0. The van der Waals surface area contributed by atoms with E-state index < -0.39 is 47.0 Å². The number of halogens is 4. The zero-order valence-corrected chi connectivity index (χ0v) is 26.7. The molecule has 6 rings (SSSR count). The predicted molar refractivity (Wildman–Crippen MR) is 163 cm³/mol. The van der Waals surface area contributed by atoms with E-state index in [0.29, 0.717) is 37.2 Å². The molecule has 0 unspecified atom stereocenters. The lowest BCUT2D eigenvalue weighted by atomic mass is 9.58. The van der Waals surface area contributed by atoms with Gasteiger partial charge in [0.25, 0.3) is 5.91 Å². The van der Waals surface area contributed by atoms with Gasteiger partial charge in [-0.1, -0.05) is 12.1 Å². The van der Waals surface area contributed by atoms with Crippen molar-refractivity contribution in [3.05, 3.63) is 76.4 Å². The van der Waals surface area contributed by atoms with Gasteiger partial charge >= 0.3 is 12.3 Å². The van der Waals surface area contributed by atoms with Crippen LogP contribution in [0, 0.1) is 5.92 Å². The zero-order valence-electron chi connectivity index (χ0n) is 26.7. The summed E-state index contributed by atoms with van der Waals surface area (Å²) in [6.07, 6.45) is -0.440. The first-order valence-electron chi connectivity index (χ1n) is 15.6. The molecule has 2 saturated carbocycles. The van der Waals surface area contributed by atoms with Crippen molar-refractivity contribution in [3.63, 3.8) is 0 Å². The summed E-state index contributed by atoms with van der Waals surface area (Å²) in [5.74, 6) is -0.0292. The van der Waals surface area contributed by atoms with Gasteiger partial charge in [0.05, 0.1) is 24.2 Å². The Morgan fingerprint density at radius 2 is 1.85 bits per heavy atom. The van der Waals surface area contributed by atoms with Gasteiger partial charge < -0.3 is 14.2 Å². The molecule has 12 heteroatoms. The number of amides is 2. The molecular formula is C34H39F4N5O3. The first-order valence-corrected chi connectivity index (χ1v) is 15.6. The van der Waals surface area contributed by atoms with E-state index in [-0.39, 0.29) is 35.7 Å². The normalized spacial score (nSPS) is 22.2. The lowest BCUT2D eigenvalue weighted by Crippen LogP contribution is -2.54. The largest absolute Gasteiger partial charge is 0.444 e. The maximum absolute atomic E-state index is 14.6. The van der Waals surface area contributed by atoms with Crippen molar-refractivity contribution in [2.45, 2.75) is 95.6 Å². The summed E-state index contributed by atoms with van der Waals surface area (Å²) in [6.45, 7) is 6.28. The highest BCUT2D eigenvalue weighted by Crippen LogP contribution is 2.52. The van der Waals surface area contributed by atoms with Gasteiger partial charge in [-0.05, 0) is 107 Å². The van der Waals surface area contributed by atoms with Crippen LogP contribution < -0.4 is 4.90 Å². The van der Waals surface area contributed by atoms with E-state index in [9.17, 15) is 27.2 Å². The summed E-state index contributed by atoms with van der Waals surface area (Å²) in [5, 5.41) is 8.32. The van der Waals surface area contributed by atoms with Crippen LogP contribution in [0.1, 0.15) is 98.2 Å². The number of aromatic nitrogens is 3. The number of alkyl halides is 4. The second-order valence-electron chi connectivity index (χ2n) is 14.3.